The molecule has 2 aromatic rings. The molecule has 0 saturated heterocycles. The Labute approximate surface area is 168 Å². The lowest BCUT2D eigenvalue weighted by atomic mass is 10.1. The zero-order valence-corrected chi connectivity index (χ0v) is 16.4. The lowest BCUT2D eigenvalue weighted by Gasteiger charge is -2.20. The summed E-state index contributed by atoms with van der Waals surface area (Å²) in [5.74, 6) is 0.000943. The number of carbonyl (C=O) groups is 1. The molecular weight excluding hydrogens is 383 g/mol. The van der Waals surface area contributed by atoms with Gasteiger partial charge in [-0.1, -0.05) is 37.6 Å². The van der Waals surface area contributed by atoms with E-state index < -0.39 is 17.7 Å². The van der Waals surface area contributed by atoms with Gasteiger partial charge in [-0.2, -0.15) is 13.2 Å². The molecule has 0 spiro atoms. The average Bonchev–Trinajstić information content (AvgIpc) is 2.71. The van der Waals surface area contributed by atoms with Crippen LogP contribution in [0.4, 0.5) is 13.2 Å². The molecule has 0 unspecified atom stereocenters. The number of methoxy groups -OCH3 is 1. The third-order valence-corrected chi connectivity index (χ3v) is 4.11. The number of carbonyl (C=O) groups excluding carboxylic acids is 1. The average molecular weight is 407 g/mol. The number of allylic oxidation sites excluding steroid dienone is 1. The van der Waals surface area contributed by atoms with Gasteiger partial charge in [0.1, 0.15) is 5.75 Å². The molecule has 29 heavy (non-hydrogen) atoms. The maximum Gasteiger partial charge on any atom is 0.416 e. The first-order chi connectivity index (χ1) is 13.8. The van der Waals surface area contributed by atoms with Gasteiger partial charge >= 0.3 is 12.1 Å². The van der Waals surface area contributed by atoms with E-state index in [4.69, 9.17) is 9.57 Å². The van der Waals surface area contributed by atoms with E-state index in [1.54, 1.807) is 19.2 Å². The summed E-state index contributed by atoms with van der Waals surface area (Å²) in [6, 6.07) is 11.3. The Balaban J connectivity index is 2.09. The lowest BCUT2D eigenvalue weighted by Crippen LogP contribution is -2.27. The van der Waals surface area contributed by atoms with Gasteiger partial charge in [-0.3, -0.25) is 0 Å². The molecule has 0 atom stereocenters. The van der Waals surface area contributed by atoms with Gasteiger partial charge in [-0.15, -0.1) is 5.06 Å². The van der Waals surface area contributed by atoms with E-state index >= 15 is 0 Å². The highest BCUT2D eigenvalue weighted by Crippen LogP contribution is 2.29. The van der Waals surface area contributed by atoms with Crippen molar-refractivity contribution < 1.29 is 27.5 Å². The number of hydrogen-bond donors (Lipinski definition) is 0. The third kappa shape index (κ3) is 7.27. The second kappa shape index (κ2) is 10.7. The van der Waals surface area contributed by atoms with Crippen molar-refractivity contribution >= 4 is 5.97 Å². The van der Waals surface area contributed by atoms with Crippen LogP contribution >= 0.6 is 0 Å². The first-order valence-electron chi connectivity index (χ1n) is 9.26. The normalized spacial score (nSPS) is 11.8. The van der Waals surface area contributed by atoms with Gasteiger partial charge in [0.15, 0.2) is 0 Å². The van der Waals surface area contributed by atoms with Crippen LogP contribution in [0.2, 0.25) is 0 Å². The number of hydrogen-bond acceptors (Lipinski definition) is 4. The number of halogens is 3. The lowest BCUT2D eigenvalue weighted by molar-refractivity contribution is -0.137. The number of nitrogens with zero attached hydrogens (tertiary/aromatic N) is 1. The van der Waals surface area contributed by atoms with Gasteiger partial charge in [0.2, 0.25) is 0 Å². The molecule has 7 heteroatoms. The van der Waals surface area contributed by atoms with Crippen LogP contribution in [-0.4, -0.2) is 24.7 Å². The Hall–Kier alpha value is -2.80. The molecule has 4 nitrogen and oxygen atoms in total. The summed E-state index contributed by atoms with van der Waals surface area (Å²) in [5, 5.41) is 1.47. The maximum absolute atomic E-state index is 12.7. The zero-order chi connectivity index (χ0) is 21.3. The Morgan fingerprint density at radius 2 is 1.69 bits per heavy atom. The highest BCUT2D eigenvalue weighted by molar-refractivity contribution is 5.89. The SMILES string of the molecule is CCC/C=C/CN(Cc1ccc(OC)cc1)OC(=O)c1ccc(C(F)(F)F)cc1. The van der Waals surface area contributed by atoms with E-state index in [1.807, 2.05) is 24.3 Å². The van der Waals surface area contributed by atoms with Crippen molar-refractivity contribution in [2.75, 3.05) is 13.7 Å². The first kappa shape index (κ1) is 22.5. The van der Waals surface area contributed by atoms with Crippen LogP contribution in [0.25, 0.3) is 0 Å². The van der Waals surface area contributed by atoms with Crippen molar-refractivity contribution in [3.05, 3.63) is 77.4 Å². The maximum atomic E-state index is 12.7. The van der Waals surface area contributed by atoms with Crippen molar-refractivity contribution in [3.8, 4) is 5.75 Å². The predicted octanol–water partition coefficient (Wildman–Crippen LogP) is 5.64. The summed E-state index contributed by atoms with van der Waals surface area (Å²) in [6.07, 6.45) is 1.34. The van der Waals surface area contributed by atoms with Crippen LogP contribution in [0.1, 0.15) is 41.3 Å². The number of benzene rings is 2. The van der Waals surface area contributed by atoms with Gasteiger partial charge in [-0.25, -0.2) is 4.79 Å². The number of ether oxygens (including phenoxy) is 1. The first-order valence-corrected chi connectivity index (χ1v) is 9.26. The largest absolute Gasteiger partial charge is 0.497 e. The van der Waals surface area contributed by atoms with Gasteiger partial charge in [-0.05, 0) is 48.4 Å². The number of hydroxylamine groups is 2. The fourth-order valence-corrected chi connectivity index (χ4v) is 2.51. The minimum absolute atomic E-state index is 0.0512. The minimum Gasteiger partial charge on any atom is -0.497 e. The summed E-state index contributed by atoms with van der Waals surface area (Å²) in [7, 11) is 1.58. The van der Waals surface area contributed by atoms with Crippen LogP contribution in [0, 0.1) is 0 Å². The standard InChI is InChI=1S/C22H24F3NO3/c1-3-4-5-6-15-26(16-17-7-13-20(28-2)14-8-17)29-21(27)18-9-11-19(12-10-18)22(23,24)25/h5-14H,3-4,15-16H2,1-2H3/b6-5+. The Bertz CT molecular complexity index is 800. The summed E-state index contributed by atoms with van der Waals surface area (Å²) in [4.78, 5) is 17.8. The van der Waals surface area contributed by atoms with Crippen LogP contribution in [-0.2, 0) is 17.6 Å². The second-order valence-corrected chi connectivity index (χ2v) is 6.38. The second-order valence-electron chi connectivity index (χ2n) is 6.38. The van der Waals surface area contributed by atoms with E-state index in [-0.39, 0.29) is 5.56 Å². The van der Waals surface area contributed by atoms with Gasteiger partial charge in [0.25, 0.3) is 0 Å². The van der Waals surface area contributed by atoms with Crippen molar-refractivity contribution in [1.82, 2.24) is 5.06 Å². The fourth-order valence-electron chi connectivity index (χ4n) is 2.51. The van der Waals surface area contributed by atoms with Crippen molar-refractivity contribution in [1.29, 1.82) is 0 Å². The summed E-state index contributed by atoms with van der Waals surface area (Å²) in [6.45, 7) is 2.75. The molecule has 2 rings (SSSR count). The van der Waals surface area contributed by atoms with Crippen molar-refractivity contribution in [3.63, 3.8) is 0 Å². The summed E-state index contributed by atoms with van der Waals surface area (Å²) < 4.78 is 43.2. The topological polar surface area (TPSA) is 38.8 Å². The molecule has 0 aromatic heterocycles. The van der Waals surface area contributed by atoms with Crippen molar-refractivity contribution in [2.45, 2.75) is 32.5 Å². The molecule has 0 heterocycles. The van der Waals surface area contributed by atoms with Crippen LogP contribution < -0.4 is 4.74 Å². The Morgan fingerprint density at radius 1 is 1.03 bits per heavy atom. The molecule has 0 aliphatic rings. The molecule has 156 valence electrons. The number of alkyl halides is 3. The highest BCUT2D eigenvalue weighted by atomic mass is 19.4. The zero-order valence-electron chi connectivity index (χ0n) is 16.4. The van der Waals surface area contributed by atoms with E-state index in [0.717, 1.165) is 42.7 Å². The monoisotopic (exact) mass is 407 g/mol. The smallest absolute Gasteiger partial charge is 0.416 e. The van der Waals surface area contributed by atoms with Gasteiger partial charge < -0.3 is 9.57 Å². The van der Waals surface area contributed by atoms with E-state index in [2.05, 4.69) is 6.92 Å². The molecule has 0 aliphatic carbocycles. The van der Waals surface area contributed by atoms with E-state index in [1.165, 1.54) is 5.06 Å². The highest BCUT2D eigenvalue weighted by Gasteiger charge is 2.30. The molecule has 0 fully saturated rings. The quantitative estimate of drug-likeness (QED) is 0.398. The molecule has 2 aromatic carbocycles. The molecule has 0 aliphatic heterocycles. The van der Waals surface area contributed by atoms with Gasteiger partial charge in [0, 0.05) is 0 Å². The molecule has 0 bridgehead atoms. The van der Waals surface area contributed by atoms with Crippen LogP contribution in [0.3, 0.4) is 0 Å². The molecule has 0 radical (unpaired) electrons. The molecular formula is C22H24F3NO3. The molecule has 0 amide bonds. The minimum atomic E-state index is -4.45. The van der Waals surface area contributed by atoms with Crippen LogP contribution in [0.5, 0.6) is 5.75 Å². The molecule has 0 saturated carbocycles. The molecule has 0 N–H and O–H groups in total. The fraction of sp³-hybridized carbons (Fsp3) is 0.318. The van der Waals surface area contributed by atoms with Crippen LogP contribution in [0.15, 0.2) is 60.7 Å². The summed E-state index contributed by atoms with van der Waals surface area (Å²) in [5.41, 5.74) is 0.136. The number of rotatable bonds is 9. The van der Waals surface area contributed by atoms with E-state index in [9.17, 15) is 18.0 Å². The Morgan fingerprint density at radius 3 is 2.24 bits per heavy atom. The Kier molecular flexibility index (Phi) is 8.27. The third-order valence-electron chi connectivity index (χ3n) is 4.11. The predicted molar refractivity (Wildman–Crippen MR) is 104 cm³/mol. The number of unbranched alkanes of at least 4 members (excludes halogenated alkanes) is 1. The van der Waals surface area contributed by atoms with Crippen molar-refractivity contribution in [2.24, 2.45) is 0 Å². The van der Waals surface area contributed by atoms with Gasteiger partial charge in [0.05, 0.1) is 31.3 Å². The summed E-state index contributed by atoms with van der Waals surface area (Å²) >= 11 is 0. The van der Waals surface area contributed by atoms with E-state index in [0.29, 0.717) is 18.8 Å².